The van der Waals surface area contributed by atoms with Gasteiger partial charge in [-0.2, -0.15) is 0 Å². The zero-order valence-corrected chi connectivity index (χ0v) is 22.5. The number of benzene rings is 1. The van der Waals surface area contributed by atoms with Crippen LogP contribution in [-0.2, 0) is 22.5 Å². The van der Waals surface area contributed by atoms with E-state index in [1.165, 1.54) is 11.3 Å². The number of rotatable bonds is 7. The first-order valence-corrected chi connectivity index (χ1v) is 11.6. The van der Waals surface area contributed by atoms with Crippen molar-refractivity contribution in [3.05, 3.63) is 45.3 Å². The van der Waals surface area contributed by atoms with Gasteiger partial charge in [-0.15, -0.1) is 11.3 Å². The maximum Gasteiger partial charge on any atom is 0.324 e. The molecule has 1 atom stereocenters. The molecule has 8 nitrogen and oxygen atoms in total. The third-order valence-electron chi connectivity index (χ3n) is 5.32. The van der Waals surface area contributed by atoms with Gasteiger partial charge in [0.2, 0.25) is 0 Å². The second kappa shape index (κ2) is 11.5. The minimum Gasteiger partial charge on any atom is -1.00 e. The van der Waals surface area contributed by atoms with Crippen LogP contribution in [0, 0.1) is 0 Å². The van der Waals surface area contributed by atoms with Gasteiger partial charge >= 0.3 is 12.0 Å². The van der Waals surface area contributed by atoms with E-state index in [-0.39, 0.29) is 36.0 Å². The lowest BCUT2D eigenvalue weighted by Gasteiger charge is -2.37. The van der Waals surface area contributed by atoms with E-state index in [4.69, 9.17) is 22.1 Å². The molecule has 1 aromatic carbocycles. The predicted octanol–water partition coefficient (Wildman–Crippen LogP) is 0.993. The highest BCUT2D eigenvalue weighted by molar-refractivity contribution is 7.17. The molecule has 3 amide bonds. The smallest absolute Gasteiger partial charge is 0.324 e. The second-order valence-electron chi connectivity index (χ2n) is 8.42. The maximum absolute atomic E-state index is 12.5. The molecule has 180 valence electrons. The number of nitrogens with two attached hydrogens (primary N) is 1. The van der Waals surface area contributed by atoms with Gasteiger partial charge in [-0.1, -0.05) is 11.6 Å². The molecule has 0 radical (unpaired) electrons. The molecule has 3 rings (SSSR count). The first-order chi connectivity index (χ1) is 15.1. The van der Waals surface area contributed by atoms with Crippen molar-refractivity contribution in [1.82, 2.24) is 0 Å². The number of likely N-dealkylation sites (N-methyl/N-ethyl adjacent to an activating group) is 1. The van der Waals surface area contributed by atoms with E-state index in [2.05, 4.69) is 17.7 Å². The summed E-state index contributed by atoms with van der Waals surface area (Å²) in [6.07, 6.45) is 0.830. The fourth-order valence-electron chi connectivity index (χ4n) is 3.73. The zero-order valence-electron chi connectivity index (χ0n) is 18.7. The lowest BCUT2D eigenvalue weighted by Crippen LogP contribution is -3.00. The van der Waals surface area contributed by atoms with Gasteiger partial charge in [0.15, 0.2) is 0 Å². The highest BCUT2D eigenvalue weighted by Gasteiger charge is 2.35. The van der Waals surface area contributed by atoms with Crippen molar-refractivity contribution in [3.8, 4) is 0 Å². The van der Waals surface area contributed by atoms with E-state index in [1.807, 2.05) is 13.8 Å². The molecule has 4 N–H and O–H groups in total. The third kappa shape index (κ3) is 7.29. The number of esters is 1. The summed E-state index contributed by atoms with van der Waals surface area (Å²) in [4.78, 5) is 37.6. The lowest BCUT2D eigenvalue weighted by molar-refractivity contribution is -0.923. The Hall–Kier alpha value is -1.89. The summed E-state index contributed by atoms with van der Waals surface area (Å²) in [6.45, 7) is 5.70. The molecule has 1 aliphatic heterocycles. The zero-order chi connectivity index (χ0) is 23.5. The van der Waals surface area contributed by atoms with Gasteiger partial charge in [0.25, 0.3) is 5.91 Å². The van der Waals surface area contributed by atoms with Crippen LogP contribution in [0.2, 0.25) is 5.02 Å². The molecule has 1 unspecified atom stereocenters. The number of carbonyl (C=O) groups excluding carboxylic acids is 3. The quantitative estimate of drug-likeness (QED) is 0.248. The van der Waals surface area contributed by atoms with Gasteiger partial charge in [0.05, 0.1) is 43.1 Å². The molecule has 33 heavy (non-hydrogen) atoms. The molecule has 1 aromatic heterocycles. The molecule has 2 heterocycles. The molecule has 0 bridgehead atoms. The summed E-state index contributed by atoms with van der Waals surface area (Å²) in [5.41, 5.74) is 7.47. The van der Waals surface area contributed by atoms with Gasteiger partial charge in [0.1, 0.15) is 11.5 Å². The van der Waals surface area contributed by atoms with Crippen LogP contribution in [0.1, 0.15) is 41.1 Å². The largest absolute Gasteiger partial charge is 1.00 e. The Morgan fingerprint density at radius 2 is 1.88 bits per heavy atom. The van der Waals surface area contributed by atoms with Gasteiger partial charge < -0.3 is 44.2 Å². The van der Waals surface area contributed by atoms with Crippen molar-refractivity contribution in [2.75, 3.05) is 30.8 Å². The van der Waals surface area contributed by atoms with Crippen LogP contribution in [-0.4, -0.2) is 48.6 Å². The number of thiophene rings is 1. The summed E-state index contributed by atoms with van der Waals surface area (Å²) in [6, 6.07) is 6.24. The van der Waals surface area contributed by atoms with Crippen LogP contribution in [0.5, 0.6) is 0 Å². The van der Waals surface area contributed by atoms with Crippen molar-refractivity contribution >= 4 is 51.5 Å². The lowest BCUT2D eigenvalue weighted by atomic mass is 10.0. The Morgan fingerprint density at radius 3 is 2.48 bits per heavy atom. The first kappa shape index (κ1) is 27.4. The molecule has 0 aliphatic carbocycles. The third-order valence-corrected chi connectivity index (χ3v) is 6.70. The minimum atomic E-state index is -0.569. The average molecular weight is 607 g/mol. The summed E-state index contributed by atoms with van der Waals surface area (Å²) >= 11 is 7.22. The van der Waals surface area contributed by atoms with Crippen molar-refractivity contribution in [2.45, 2.75) is 39.3 Å². The minimum absolute atomic E-state index is 0. The van der Waals surface area contributed by atoms with Gasteiger partial charge in [-0.05, 0) is 43.7 Å². The molecule has 2 aromatic rings. The monoisotopic (exact) mass is 606 g/mol. The molecular formula is C22H28ClIN4O4S. The Balaban J connectivity index is 0.00000385. The van der Waals surface area contributed by atoms with Crippen LogP contribution >= 0.6 is 22.9 Å². The summed E-state index contributed by atoms with van der Waals surface area (Å²) in [5.74, 6) is -0.781. The number of nitrogens with one attached hydrogen (secondary N) is 2. The fourth-order valence-corrected chi connectivity index (χ4v) is 5.28. The predicted molar refractivity (Wildman–Crippen MR) is 126 cm³/mol. The SMILES string of the molecule is CC(C)OC(=O)CC[N+]1(C)CCc2c(sc(NC(=O)Nc3ccc(Cl)cc3)c2C(N)=O)C1.[I-]. The van der Waals surface area contributed by atoms with Crippen LogP contribution in [0.4, 0.5) is 15.5 Å². The van der Waals surface area contributed by atoms with Crippen molar-refractivity contribution in [3.63, 3.8) is 0 Å². The molecular weight excluding hydrogens is 579 g/mol. The Kier molecular flexibility index (Phi) is 9.53. The number of primary amides is 1. The maximum atomic E-state index is 12.5. The number of quaternary nitrogens is 1. The molecule has 1 aliphatic rings. The number of hydrogen-bond acceptors (Lipinski definition) is 5. The fraction of sp³-hybridized carbons (Fsp3) is 0.409. The topological polar surface area (TPSA) is 111 Å². The van der Waals surface area contributed by atoms with Crippen LogP contribution in [0.3, 0.4) is 0 Å². The number of carbonyl (C=O) groups is 3. The summed E-state index contributed by atoms with van der Waals surface area (Å²) in [7, 11) is 2.08. The van der Waals surface area contributed by atoms with E-state index in [0.717, 1.165) is 17.0 Å². The van der Waals surface area contributed by atoms with Crippen molar-refractivity contribution < 1.29 is 47.6 Å². The summed E-state index contributed by atoms with van der Waals surface area (Å²) < 4.78 is 5.89. The van der Waals surface area contributed by atoms with E-state index >= 15 is 0 Å². The number of fused-ring (bicyclic) bond motifs is 1. The summed E-state index contributed by atoms with van der Waals surface area (Å²) in [5, 5.41) is 6.48. The normalized spacial score (nSPS) is 17.0. The Labute approximate surface area is 219 Å². The van der Waals surface area contributed by atoms with E-state index in [1.54, 1.807) is 24.3 Å². The number of nitrogens with zero attached hydrogens (tertiary/aromatic N) is 1. The molecule has 0 saturated heterocycles. The number of amides is 3. The second-order valence-corrected chi connectivity index (χ2v) is 9.96. The van der Waals surface area contributed by atoms with Gasteiger partial charge in [-0.25, -0.2) is 4.79 Å². The number of urea groups is 1. The average Bonchev–Trinajstić information content (AvgIpc) is 3.04. The van der Waals surface area contributed by atoms with Crippen molar-refractivity contribution in [2.24, 2.45) is 5.73 Å². The number of anilines is 2. The van der Waals surface area contributed by atoms with Crippen LogP contribution < -0.4 is 40.3 Å². The first-order valence-electron chi connectivity index (χ1n) is 10.4. The van der Waals surface area contributed by atoms with E-state index in [9.17, 15) is 14.4 Å². The Bertz CT molecular complexity index is 1030. The number of halogens is 2. The number of ether oxygens (including phenoxy) is 1. The number of hydrogen-bond donors (Lipinski definition) is 3. The Morgan fingerprint density at radius 1 is 1.21 bits per heavy atom. The molecule has 0 saturated carbocycles. The van der Waals surface area contributed by atoms with Gasteiger partial charge in [0, 0.05) is 17.1 Å². The van der Waals surface area contributed by atoms with Crippen molar-refractivity contribution in [1.29, 1.82) is 0 Å². The molecule has 0 spiro atoms. The van der Waals surface area contributed by atoms with E-state index < -0.39 is 11.9 Å². The van der Waals surface area contributed by atoms with Crippen LogP contribution in [0.25, 0.3) is 0 Å². The molecule has 0 fully saturated rings. The van der Waals surface area contributed by atoms with Crippen LogP contribution in [0.15, 0.2) is 24.3 Å². The highest BCUT2D eigenvalue weighted by Crippen LogP contribution is 2.38. The van der Waals surface area contributed by atoms with Gasteiger partial charge in [-0.3, -0.25) is 14.9 Å². The standard InChI is InChI=1S/C22H27ClN4O4S.HI/c1-13(2)31-18(28)9-11-27(3)10-8-16-17(12-27)32-21(19(16)20(24)29)26-22(30)25-15-6-4-14(23)5-7-15;/h4-7,13H,8-12H2,1-3H3,(H3-,24,25,26,29,30);1H. The van der Waals surface area contributed by atoms with E-state index in [0.29, 0.717) is 51.7 Å². The highest BCUT2D eigenvalue weighted by atomic mass is 127. The molecule has 11 heteroatoms.